The van der Waals surface area contributed by atoms with E-state index in [1.165, 1.54) is 0 Å². The maximum atomic E-state index is 11.7. The van der Waals surface area contributed by atoms with Crippen LogP contribution in [0.15, 0.2) is 46.9 Å². The molecule has 1 aliphatic carbocycles. The van der Waals surface area contributed by atoms with Crippen molar-refractivity contribution in [2.24, 2.45) is 0 Å². The minimum absolute atomic E-state index is 0.193. The normalized spacial score (nSPS) is 13.6. The summed E-state index contributed by atoms with van der Waals surface area (Å²) in [4.78, 5) is 23.1. The minimum Gasteiger partial charge on any atom is -0.461 e. The van der Waals surface area contributed by atoms with Crippen molar-refractivity contribution in [3.05, 3.63) is 48.2 Å². The Morgan fingerprint density at radius 3 is 2.65 bits per heavy atom. The summed E-state index contributed by atoms with van der Waals surface area (Å²) in [5.41, 5.74) is 0.998. The van der Waals surface area contributed by atoms with Crippen molar-refractivity contribution in [1.29, 1.82) is 0 Å². The first-order valence-electron chi connectivity index (χ1n) is 7.80. The van der Waals surface area contributed by atoms with E-state index in [4.69, 9.17) is 9.15 Å². The third-order valence-corrected chi connectivity index (χ3v) is 3.60. The van der Waals surface area contributed by atoms with Crippen LogP contribution in [0.25, 0.3) is 11.3 Å². The summed E-state index contributed by atoms with van der Waals surface area (Å²) < 4.78 is 10.7. The average Bonchev–Trinajstić information content (AvgIpc) is 3.25. The van der Waals surface area contributed by atoms with E-state index in [2.05, 4.69) is 5.32 Å². The zero-order valence-electron chi connectivity index (χ0n) is 12.8. The summed E-state index contributed by atoms with van der Waals surface area (Å²) in [6, 6.07) is 13.8. The van der Waals surface area contributed by atoms with Gasteiger partial charge in [-0.1, -0.05) is 30.3 Å². The van der Waals surface area contributed by atoms with Crippen molar-refractivity contribution >= 4 is 11.9 Å². The zero-order valence-corrected chi connectivity index (χ0v) is 12.8. The minimum atomic E-state index is -0.395. The molecule has 5 nitrogen and oxygen atoms in total. The number of nitrogens with one attached hydrogen (secondary N) is 1. The molecule has 1 N–H and O–H groups in total. The van der Waals surface area contributed by atoms with E-state index in [-0.39, 0.29) is 25.0 Å². The van der Waals surface area contributed by atoms with Gasteiger partial charge in [0.05, 0.1) is 6.42 Å². The van der Waals surface area contributed by atoms with Gasteiger partial charge in [-0.2, -0.15) is 0 Å². The van der Waals surface area contributed by atoms with Gasteiger partial charge in [0.1, 0.15) is 11.5 Å². The number of furan rings is 1. The fourth-order valence-electron chi connectivity index (χ4n) is 2.21. The molecule has 1 aliphatic rings. The number of benzene rings is 1. The molecule has 1 saturated carbocycles. The van der Waals surface area contributed by atoms with Gasteiger partial charge < -0.3 is 14.5 Å². The predicted octanol–water partition coefficient (Wildman–Crippen LogP) is 2.70. The first kappa shape index (κ1) is 15.3. The molecule has 0 atom stereocenters. The second-order valence-corrected chi connectivity index (χ2v) is 5.63. The number of carbonyl (C=O) groups excluding carboxylic acids is 2. The summed E-state index contributed by atoms with van der Waals surface area (Å²) in [6.45, 7) is -0.206. The lowest BCUT2D eigenvalue weighted by Gasteiger charge is -2.04. The highest BCUT2D eigenvalue weighted by Gasteiger charge is 2.23. The van der Waals surface area contributed by atoms with E-state index in [1.54, 1.807) is 0 Å². The van der Waals surface area contributed by atoms with Crippen LogP contribution in [0.2, 0.25) is 0 Å². The molecule has 23 heavy (non-hydrogen) atoms. The molecule has 3 rings (SSSR count). The highest BCUT2D eigenvalue weighted by molar-refractivity contribution is 5.81. The molecule has 120 valence electrons. The standard InChI is InChI=1S/C18H19NO4/c20-17(19-14-6-7-14)12-22-18(21)11-9-15-8-10-16(23-15)13-4-2-1-3-5-13/h1-5,8,10,14H,6-7,9,11-12H2,(H,19,20). The molecule has 1 amide bonds. The van der Waals surface area contributed by atoms with E-state index in [0.29, 0.717) is 6.42 Å². The maximum Gasteiger partial charge on any atom is 0.306 e. The lowest BCUT2D eigenvalue weighted by Crippen LogP contribution is -2.30. The van der Waals surface area contributed by atoms with Crippen LogP contribution in [-0.4, -0.2) is 24.5 Å². The van der Waals surface area contributed by atoms with Gasteiger partial charge >= 0.3 is 5.97 Å². The molecule has 0 unspecified atom stereocenters. The first-order chi connectivity index (χ1) is 11.2. The average molecular weight is 313 g/mol. The topological polar surface area (TPSA) is 68.5 Å². The van der Waals surface area contributed by atoms with Crippen LogP contribution in [0, 0.1) is 0 Å². The first-order valence-corrected chi connectivity index (χ1v) is 7.80. The third-order valence-electron chi connectivity index (χ3n) is 3.60. The zero-order chi connectivity index (χ0) is 16.1. The number of carbonyl (C=O) groups is 2. The molecule has 1 heterocycles. The Balaban J connectivity index is 1.42. The lowest BCUT2D eigenvalue weighted by molar-refractivity contribution is -0.148. The van der Waals surface area contributed by atoms with Crippen LogP contribution in [0.5, 0.6) is 0 Å². The predicted molar refractivity (Wildman–Crippen MR) is 84.6 cm³/mol. The second kappa shape index (κ2) is 7.13. The molecule has 0 aliphatic heterocycles. The number of hydrogen-bond donors (Lipinski definition) is 1. The van der Waals surface area contributed by atoms with Crippen LogP contribution in [0.4, 0.5) is 0 Å². The van der Waals surface area contributed by atoms with Crippen LogP contribution < -0.4 is 5.32 Å². The summed E-state index contributed by atoms with van der Waals surface area (Å²) in [7, 11) is 0. The van der Waals surface area contributed by atoms with Crippen molar-refractivity contribution in [3.8, 4) is 11.3 Å². The molecule has 0 spiro atoms. The van der Waals surface area contributed by atoms with Gasteiger partial charge in [-0.15, -0.1) is 0 Å². The fourth-order valence-corrected chi connectivity index (χ4v) is 2.21. The Kier molecular flexibility index (Phi) is 4.76. The smallest absolute Gasteiger partial charge is 0.306 e. The van der Waals surface area contributed by atoms with Gasteiger partial charge in [-0.25, -0.2) is 0 Å². The van der Waals surface area contributed by atoms with E-state index in [1.807, 2.05) is 42.5 Å². The molecule has 2 aromatic rings. The molecule has 5 heteroatoms. The Morgan fingerprint density at radius 1 is 1.13 bits per heavy atom. The quantitative estimate of drug-likeness (QED) is 0.798. The SMILES string of the molecule is O=C(COC(=O)CCc1ccc(-c2ccccc2)o1)NC1CC1. The Morgan fingerprint density at radius 2 is 1.91 bits per heavy atom. The number of amides is 1. The molecule has 1 fully saturated rings. The van der Waals surface area contributed by atoms with Gasteiger partial charge in [0.25, 0.3) is 5.91 Å². The van der Waals surface area contributed by atoms with Crippen LogP contribution in [0.3, 0.4) is 0 Å². The number of rotatable bonds is 7. The van der Waals surface area contributed by atoms with Crippen molar-refractivity contribution in [2.75, 3.05) is 6.61 Å². The van der Waals surface area contributed by atoms with Gasteiger partial charge in [-0.05, 0) is 25.0 Å². The summed E-state index contributed by atoms with van der Waals surface area (Å²) in [5.74, 6) is 0.875. The number of esters is 1. The van der Waals surface area contributed by atoms with Gasteiger partial charge in [0, 0.05) is 18.0 Å². The second-order valence-electron chi connectivity index (χ2n) is 5.63. The molecular weight excluding hydrogens is 294 g/mol. The number of aryl methyl sites for hydroxylation is 1. The van der Waals surface area contributed by atoms with Gasteiger partial charge in [0.15, 0.2) is 6.61 Å². The highest BCUT2D eigenvalue weighted by Crippen LogP contribution is 2.22. The van der Waals surface area contributed by atoms with Crippen LogP contribution in [0.1, 0.15) is 25.0 Å². The van der Waals surface area contributed by atoms with Crippen molar-refractivity contribution in [2.45, 2.75) is 31.7 Å². The molecule has 0 bridgehead atoms. The Hall–Kier alpha value is -2.56. The lowest BCUT2D eigenvalue weighted by atomic mass is 10.2. The van der Waals surface area contributed by atoms with E-state index >= 15 is 0 Å². The molecule has 1 aromatic carbocycles. The summed E-state index contributed by atoms with van der Waals surface area (Å²) in [5, 5.41) is 2.77. The third kappa shape index (κ3) is 4.71. The van der Waals surface area contributed by atoms with Gasteiger partial charge in [-0.3, -0.25) is 9.59 Å². The Labute approximate surface area is 134 Å². The van der Waals surface area contributed by atoms with Crippen LogP contribution in [-0.2, 0) is 20.7 Å². The maximum absolute atomic E-state index is 11.7. The Bertz CT molecular complexity index is 673. The molecule has 1 aromatic heterocycles. The van der Waals surface area contributed by atoms with Gasteiger partial charge in [0.2, 0.25) is 0 Å². The molecular formula is C18H19NO4. The number of hydrogen-bond acceptors (Lipinski definition) is 4. The largest absolute Gasteiger partial charge is 0.461 e. The monoisotopic (exact) mass is 313 g/mol. The van der Waals surface area contributed by atoms with Crippen molar-refractivity contribution in [3.63, 3.8) is 0 Å². The summed E-state index contributed by atoms with van der Waals surface area (Å²) >= 11 is 0. The summed E-state index contributed by atoms with van der Waals surface area (Å²) in [6.07, 6.45) is 2.68. The van der Waals surface area contributed by atoms with E-state index < -0.39 is 5.97 Å². The van der Waals surface area contributed by atoms with E-state index in [0.717, 1.165) is 29.9 Å². The number of ether oxygens (including phenoxy) is 1. The highest BCUT2D eigenvalue weighted by atomic mass is 16.5. The molecule has 0 radical (unpaired) electrons. The van der Waals surface area contributed by atoms with Crippen LogP contribution >= 0.6 is 0 Å². The molecule has 0 saturated heterocycles. The van der Waals surface area contributed by atoms with Crippen molar-refractivity contribution < 1.29 is 18.7 Å². The van der Waals surface area contributed by atoms with E-state index in [9.17, 15) is 9.59 Å². The fraction of sp³-hybridized carbons (Fsp3) is 0.333. The van der Waals surface area contributed by atoms with Crippen molar-refractivity contribution in [1.82, 2.24) is 5.32 Å².